The number of rotatable bonds is 10. The average molecular weight is 963 g/mol. The molecule has 3 heterocycles. The van der Waals surface area contributed by atoms with Crippen molar-refractivity contribution in [3.05, 3.63) is 232 Å². The standard InChI is InChI=1S/C25H30N.C23H26N.C22H24N/c1-17(2)21-13-22(18(3)4)15-23(14-21)20-11-12-26(6)25(16-20)24-10-8-7-9-19(24)5;1-5-18-13-19(6-2)15-21(14-18)20-11-12-24(4)23(16-20)22-10-8-7-9-17(22)3;1-15-8-6-7-9-21(15)22-14-19(10-11-23(22)5)20-12-16(2)18(4)17(3)13-20/h7-18H,1-6H3;7-16H,5-6H2,1-4H3;6-14H,1-5H3/q3*+1. The fraction of sp³-hybridized carbons (Fsp3) is 0.271. The summed E-state index contributed by atoms with van der Waals surface area (Å²) in [7, 11) is 6.35. The Labute approximate surface area is 439 Å². The maximum atomic E-state index is 2.37. The molecule has 0 N–H and O–H groups in total. The summed E-state index contributed by atoms with van der Waals surface area (Å²) in [5, 5.41) is 0. The lowest BCUT2D eigenvalue weighted by Gasteiger charge is -2.15. The van der Waals surface area contributed by atoms with E-state index in [0.717, 1.165) is 12.8 Å². The van der Waals surface area contributed by atoms with E-state index in [1.54, 1.807) is 0 Å². The highest BCUT2D eigenvalue weighted by molar-refractivity contribution is 5.74. The first-order valence-electron chi connectivity index (χ1n) is 26.5. The van der Waals surface area contributed by atoms with Gasteiger partial charge in [-0.1, -0.05) is 145 Å². The highest BCUT2D eigenvalue weighted by Gasteiger charge is 2.18. The largest absolute Gasteiger partial charge is 0.213 e. The Morgan fingerprint density at radius 2 is 0.644 bits per heavy atom. The van der Waals surface area contributed by atoms with Gasteiger partial charge < -0.3 is 0 Å². The summed E-state index contributed by atoms with van der Waals surface area (Å²) in [4.78, 5) is 0. The highest BCUT2D eigenvalue weighted by atomic mass is 14.9. The van der Waals surface area contributed by atoms with Crippen LogP contribution in [0.25, 0.3) is 67.2 Å². The number of hydrogen-bond acceptors (Lipinski definition) is 0. The molecule has 0 aliphatic carbocycles. The fourth-order valence-electron chi connectivity index (χ4n) is 9.68. The molecule has 3 aromatic heterocycles. The first kappa shape index (κ1) is 53.6. The van der Waals surface area contributed by atoms with Crippen molar-refractivity contribution < 1.29 is 13.7 Å². The fourth-order valence-corrected chi connectivity index (χ4v) is 9.68. The molecule has 3 nitrogen and oxygen atoms in total. The monoisotopic (exact) mass is 963 g/mol. The van der Waals surface area contributed by atoms with Gasteiger partial charge in [0.05, 0.1) is 0 Å². The first-order chi connectivity index (χ1) is 35.0. The van der Waals surface area contributed by atoms with Gasteiger partial charge in [0.15, 0.2) is 18.6 Å². The molecule has 0 saturated carbocycles. The molecule has 0 radical (unpaired) electrons. The van der Waals surface area contributed by atoms with Gasteiger partial charge in [0.1, 0.15) is 21.1 Å². The lowest BCUT2D eigenvalue weighted by molar-refractivity contribution is -0.660. The number of hydrogen-bond donors (Lipinski definition) is 0. The van der Waals surface area contributed by atoms with Gasteiger partial charge in [0, 0.05) is 53.1 Å². The molecule has 9 rings (SSSR count). The lowest BCUT2D eigenvalue weighted by Crippen LogP contribution is -2.30. The first-order valence-corrected chi connectivity index (χ1v) is 26.5. The molecule has 73 heavy (non-hydrogen) atoms. The van der Waals surface area contributed by atoms with Crippen LogP contribution in [-0.4, -0.2) is 0 Å². The maximum Gasteiger partial charge on any atom is 0.213 e. The smallest absolute Gasteiger partial charge is 0.201 e. The van der Waals surface area contributed by atoms with E-state index in [1.165, 1.54) is 123 Å². The molecule has 0 unspecified atom stereocenters. The van der Waals surface area contributed by atoms with Crippen molar-refractivity contribution in [2.24, 2.45) is 21.1 Å². The molecule has 3 heteroatoms. The van der Waals surface area contributed by atoms with Gasteiger partial charge in [-0.05, 0) is 173 Å². The van der Waals surface area contributed by atoms with E-state index < -0.39 is 0 Å². The Morgan fingerprint density at radius 1 is 0.329 bits per heavy atom. The molecular weight excluding hydrogens is 883 g/mol. The van der Waals surface area contributed by atoms with Crippen molar-refractivity contribution in [1.29, 1.82) is 0 Å². The number of pyridine rings is 3. The zero-order valence-corrected chi connectivity index (χ0v) is 46.7. The molecule has 0 atom stereocenters. The Morgan fingerprint density at radius 3 is 0.959 bits per heavy atom. The van der Waals surface area contributed by atoms with Gasteiger partial charge in [-0.3, -0.25) is 0 Å². The molecule has 0 aliphatic heterocycles. The predicted molar refractivity (Wildman–Crippen MR) is 311 cm³/mol. The number of benzene rings is 6. The zero-order valence-electron chi connectivity index (χ0n) is 46.7. The van der Waals surface area contributed by atoms with Crippen LogP contribution < -0.4 is 13.7 Å². The maximum absolute atomic E-state index is 2.37. The Balaban J connectivity index is 0.000000161. The highest BCUT2D eigenvalue weighted by Crippen LogP contribution is 2.33. The van der Waals surface area contributed by atoms with Crippen molar-refractivity contribution in [1.82, 2.24) is 0 Å². The van der Waals surface area contributed by atoms with Gasteiger partial charge in [-0.15, -0.1) is 0 Å². The van der Waals surface area contributed by atoms with E-state index >= 15 is 0 Å². The summed E-state index contributed by atoms with van der Waals surface area (Å²) in [5.41, 5.74) is 29.1. The molecule has 0 spiro atoms. The molecule has 372 valence electrons. The molecular formula is C70H80N3+3. The molecule has 6 aromatic carbocycles. The van der Waals surface area contributed by atoms with Crippen molar-refractivity contribution in [3.63, 3.8) is 0 Å². The van der Waals surface area contributed by atoms with Crippen LogP contribution in [0.5, 0.6) is 0 Å². The second-order valence-corrected chi connectivity index (χ2v) is 20.9. The van der Waals surface area contributed by atoms with E-state index in [4.69, 9.17) is 0 Å². The Kier molecular flexibility index (Phi) is 17.6. The SMILES string of the molecule is CCc1cc(CC)cc(-c2cc[n+](C)c(-c3ccccc3C)c2)c1.Cc1ccccc1-c1cc(-c2cc(C(C)C)cc(C(C)C)c2)cc[n+]1C.Cc1ccccc1-c1cc(-c2cc(C)c(C)c(C)c2)cc[n+]1C. The van der Waals surface area contributed by atoms with Crippen molar-refractivity contribution in [2.45, 2.75) is 108 Å². The van der Waals surface area contributed by atoms with Crippen LogP contribution >= 0.6 is 0 Å². The number of aromatic nitrogens is 3. The van der Waals surface area contributed by atoms with Crippen LogP contribution in [-0.2, 0) is 34.0 Å². The Bertz CT molecular complexity index is 3300. The van der Waals surface area contributed by atoms with Crippen molar-refractivity contribution >= 4 is 0 Å². The molecule has 0 amide bonds. The lowest BCUT2D eigenvalue weighted by atomic mass is 9.90. The summed E-state index contributed by atoms with van der Waals surface area (Å²) < 4.78 is 6.61. The summed E-state index contributed by atoms with van der Waals surface area (Å²) in [6, 6.07) is 58.0. The minimum absolute atomic E-state index is 0.531. The number of nitrogens with zero attached hydrogens (tertiary/aromatic N) is 3. The van der Waals surface area contributed by atoms with Gasteiger partial charge in [-0.2, -0.15) is 0 Å². The quantitative estimate of drug-likeness (QED) is 0.121. The van der Waals surface area contributed by atoms with Crippen LogP contribution in [0.3, 0.4) is 0 Å². The van der Waals surface area contributed by atoms with Crippen molar-refractivity contribution in [3.8, 4) is 67.2 Å². The minimum Gasteiger partial charge on any atom is -0.201 e. The molecule has 0 aliphatic rings. The molecule has 0 saturated heterocycles. The van der Waals surface area contributed by atoms with E-state index in [-0.39, 0.29) is 0 Å². The summed E-state index contributed by atoms with van der Waals surface area (Å²) in [6.45, 7) is 26.6. The van der Waals surface area contributed by atoms with Crippen LogP contribution in [0.15, 0.2) is 176 Å². The average Bonchev–Trinajstić information content (AvgIpc) is 3.39. The molecule has 0 fully saturated rings. The van der Waals surface area contributed by atoms with Crippen LogP contribution in [0.2, 0.25) is 0 Å². The minimum atomic E-state index is 0.531. The van der Waals surface area contributed by atoms with E-state index in [2.05, 4.69) is 294 Å². The summed E-state index contributed by atoms with van der Waals surface area (Å²) in [6.07, 6.45) is 8.65. The van der Waals surface area contributed by atoms with E-state index in [0.29, 0.717) is 11.8 Å². The second kappa shape index (κ2) is 24.0. The van der Waals surface area contributed by atoms with Gasteiger partial charge in [0.25, 0.3) is 0 Å². The van der Waals surface area contributed by atoms with Crippen molar-refractivity contribution in [2.75, 3.05) is 0 Å². The topological polar surface area (TPSA) is 11.6 Å². The third kappa shape index (κ3) is 12.9. The van der Waals surface area contributed by atoms with Gasteiger partial charge >= 0.3 is 0 Å². The van der Waals surface area contributed by atoms with E-state index in [9.17, 15) is 0 Å². The number of aryl methyl sites for hydroxylation is 10. The summed E-state index contributed by atoms with van der Waals surface area (Å²) in [5.74, 6) is 1.06. The summed E-state index contributed by atoms with van der Waals surface area (Å²) >= 11 is 0. The third-order valence-corrected chi connectivity index (χ3v) is 14.8. The van der Waals surface area contributed by atoms with Gasteiger partial charge in [-0.25, -0.2) is 13.7 Å². The van der Waals surface area contributed by atoms with Crippen LogP contribution in [0.4, 0.5) is 0 Å². The van der Waals surface area contributed by atoms with Crippen LogP contribution in [0, 0.1) is 41.5 Å². The zero-order chi connectivity index (χ0) is 52.5. The van der Waals surface area contributed by atoms with E-state index in [1.807, 2.05) is 0 Å². The normalized spacial score (nSPS) is 11.0. The molecule has 0 bridgehead atoms. The molecule has 9 aromatic rings. The Hall–Kier alpha value is -7.23. The second-order valence-electron chi connectivity index (χ2n) is 20.9. The van der Waals surface area contributed by atoms with Crippen LogP contribution in [0.1, 0.15) is 109 Å². The van der Waals surface area contributed by atoms with Gasteiger partial charge in [0.2, 0.25) is 17.1 Å². The predicted octanol–water partition coefficient (Wildman–Crippen LogP) is 16.8. The third-order valence-electron chi connectivity index (χ3n) is 14.8.